The summed E-state index contributed by atoms with van der Waals surface area (Å²) in [6.07, 6.45) is 1.54. The number of rotatable bonds is 3. The van der Waals surface area contributed by atoms with Crippen molar-refractivity contribution in [3.8, 4) is 12.1 Å². The normalized spacial score (nSPS) is 11.0. The molecule has 24 heavy (non-hydrogen) atoms. The van der Waals surface area contributed by atoms with Crippen molar-refractivity contribution in [2.75, 3.05) is 4.72 Å². The monoisotopic (exact) mass is 336 g/mol. The van der Waals surface area contributed by atoms with Crippen LogP contribution < -0.4 is 4.72 Å². The lowest BCUT2D eigenvalue weighted by molar-refractivity contribution is 0.601. The standard InChI is InChI=1S/C17H12N4O2S/c1-11-6-7-14(17-16(11)13(9-19)10-20-17)21-24(22,23)15-5-3-2-4-12(15)8-18/h2-7,10,20-21H,1H3. The molecule has 0 aliphatic heterocycles. The minimum Gasteiger partial charge on any atom is -0.358 e. The Hall–Kier alpha value is -3.29. The molecule has 1 heterocycles. The van der Waals surface area contributed by atoms with Crippen LogP contribution in [0.25, 0.3) is 10.9 Å². The van der Waals surface area contributed by atoms with Gasteiger partial charge in [0, 0.05) is 11.6 Å². The molecule has 2 aromatic carbocycles. The van der Waals surface area contributed by atoms with Gasteiger partial charge in [-0.3, -0.25) is 4.72 Å². The molecular formula is C17H12N4O2S. The smallest absolute Gasteiger partial charge is 0.263 e. The van der Waals surface area contributed by atoms with Gasteiger partial charge in [-0.1, -0.05) is 18.2 Å². The van der Waals surface area contributed by atoms with Crippen molar-refractivity contribution in [2.24, 2.45) is 0 Å². The van der Waals surface area contributed by atoms with Crippen LogP contribution in [0.3, 0.4) is 0 Å². The van der Waals surface area contributed by atoms with Crippen LogP contribution in [0.2, 0.25) is 0 Å². The molecule has 0 aliphatic carbocycles. The fourth-order valence-corrected chi connectivity index (χ4v) is 3.82. The van der Waals surface area contributed by atoms with Crippen molar-refractivity contribution in [1.29, 1.82) is 10.5 Å². The summed E-state index contributed by atoms with van der Waals surface area (Å²) >= 11 is 0. The highest BCUT2D eigenvalue weighted by molar-refractivity contribution is 7.92. The predicted octanol–water partition coefficient (Wildman–Crippen LogP) is 3.02. The zero-order valence-electron chi connectivity index (χ0n) is 12.7. The van der Waals surface area contributed by atoms with E-state index in [0.29, 0.717) is 22.2 Å². The van der Waals surface area contributed by atoms with Gasteiger partial charge in [-0.25, -0.2) is 8.42 Å². The molecule has 0 aliphatic rings. The van der Waals surface area contributed by atoms with Gasteiger partial charge < -0.3 is 4.98 Å². The maximum Gasteiger partial charge on any atom is 0.263 e. The van der Waals surface area contributed by atoms with Gasteiger partial charge in [0.05, 0.1) is 22.3 Å². The number of fused-ring (bicyclic) bond motifs is 1. The molecule has 0 spiro atoms. The zero-order chi connectivity index (χ0) is 17.3. The summed E-state index contributed by atoms with van der Waals surface area (Å²) in [5, 5.41) is 19.0. The first-order chi connectivity index (χ1) is 11.5. The summed E-state index contributed by atoms with van der Waals surface area (Å²) < 4.78 is 27.8. The first kappa shape index (κ1) is 15.6. The molecule has 0 fully saturated rings. The second-order valence-electron chi connectivity index (χ2n) is 5.21. The second kappa shape index (κ2) is 5.73. The van der Waals surface area contributed by atoms with E-state index in [1.165, 1.54) is 12.1 Å². The molecule has 0 amide bonds. The van der Waals surface area contributed by atoms with E-state index in [4.69, 9.17) is 5.26 Å². The summed E-state index contributed by atoms with van der Waals surface area (Å²) in [5.41, 5.74) is 2.23. The van der Waals surface area contributed by atoms with Crippen molar-refractivity contribution in [2.45, 2.75) is 11.8 Å². The number of aryl methyl sites for hydroxylation is 1. The molecule has 0 radical (unpaired) electrons. The molecule has 7 heteroatoms. The van der Waals surface area contributed by atoms with Crippen molar-refractivity contribution in [3.63, 3.8) is 0 Å². The van der Waals surface area contributed by atoms with Gasteiger partial charge in [0.15, 0.2) is 0 Å². The first-order valence-corrected chi connectivity index (χ1v) is 8.49. The van der Waals surface area contributed by atoms with Crippen molar-refractivity contribution < 1.29 is 8.42 Å². The Morgan fingerprint density at radius 3 is 2.46 bits per heavy atom. The van der Waals surface area contributed by atoms with Gasteiger partial charge in [0.1, 0.15) is 17.0 Å². The molecule has 0 saturated heterocycles. The van der Waals surface area contributed by atoms with Crippen LogP contribution in [0, 0.1) is 29.6 Å². The van der Waals surface area contributed by atoms with Crippen LogP contribution in [0.5, 0.6) is 0 Å². The van der Waals surface area contributed by atoms with Crippen molar-refractivity contribution >= 4 is 26.6 Å². The number of aromatic nitrogens is 1. The quantitative estimate of drug-likeness (QED) is 0.766. The minimum atomic E-state index is -3.93. The predicted molar refractivity (Wildman–Crippen MR) is 89.7 cm³/mol. The number of nitrogens with zero attached hydrogens (tertiary/aromatic N) is 2. The number of hydrogen-bond acceptors (Lipinski definition) is 4. The van der Waals surface area contributed by atoms with E-state index in [0.717, 1.165) is 5.56 Å². The van der Waals surface area contributed by atoms with Crippen molar-refractivity contribution in [3.05, 3.63) is 59.3 Å². The Kier molecular flexibility index (Phi) is 3.72. The molecule has 0 unspecified atom stereocenters. The van der Waals surface area contributed by atoms with Gasteiger partial charge in [0.2, 0.25) is 0 Å². The summed E-state index contributed by atoms with van der Waals surface area (Å²) in [7, 11) is -3.93. The maximum atomic E-state index is 12.6. The number of anilines is 1. The summed E-state index contributed by atoms with van der Waals surface area (Å²) in [6, 6.07) is 13.3. The SMILES string of the molecule is Cc1ccc(NS(=O)(=O)c2ccccc2C#N)c2[nH]cc(C#N)c12. The van der Waals surface area contributed by atoms with Crippen LogP contribution in [-0.2, 0) is 10.0 Å². The van der Waals surface area contributed by atoms with Gasteiger partial charge in [-0.2, -0.15) is 10.5 Å². The summed E-state index contributed by atoms with van der Waals surface area (Å²) in [6.45, 7) is 1.85. The Morgan fingerprint density at radius 1 is 1.04 bits per heavy atom. The molecule has 2 N–H and O–H groups in total. The largest absolute Gasteiger partial charge is 0.358 e. The second-order valence-corrected chi connectivity index (χ2v) is 6.86. The van der Waals surface area contributed by atoms with Gasteiger partial charge >= 0.3 is 0 Å². The number of hydrogen-bond donors (Lipinski definition) is 2. The number of benzene rings is 2. The zero-order valence-corrected chi connectivity index (χ0v) is 13.5. The highest BCUT2D eigenvalue weighted by atomic mass is 32.2. The average molecular weight is 336 g/mol. The van der Waals surface area contributed by atoms with E-state index >= 15 is 0 Å². The van der Waals surface area contributed by atoms with E-state index in [1.54, 1.807) is 30.5 Å². The van der Waals surface area contributed by atoms with E-state index in [2.05, 4.69) is 15.8 Å². The van der Waals surface area contributed by atoms with Gasteiger partial charge in [-0.15, -0.1) is 0 Å². The topological polar surface area (TPSA) is 110 Å². The Bertz CT molecular complexity index is 1130. The molecule has 0 atom stereocenters. The highest BCUT2D eigenvalue weighted by Gasteiger charge is 2.20. The summed E-state index contributed by atoms with van der Waals surface area (Å²) in [5.74, 6) is 0. The lowest BCUT2D eigenvalue weighted by atomic mass is 10.1. The molecule has 1 aromatic heterocycles. The number of sulfonamides is 1. The first-order valence-electron chi connectivity index (χ1n) is 7.00. The van der Waals surface area contributed by atoms with Crippen LogP contribution in [-0.4, -0.2) is 13.4 Å². The fourth-order valence-electron chi connectivity index (χ4n) is 2.59. The van der Waals surface area contributed by atoms with E-state index in [-0.39, 0.29) is 10.5 Å². The average Bonchev–Trinajstić information content (AvgIpc) is 3.02. The number of nitriles is 2. The van der Waals surface area contributed by atoms with E-state index < -0.39 is 10.0 Å². The van der Waals surface area contributed by atoms with Crippen LogP contribution in [0.15, 0.2) is 47.5 Å². The number of aromatic amines is 1. The number of H-pyrrole nitrogens is 1. The Balaban J connectivity index is 2.14. The molecule has 3 rings (SSSR count). The van der Waals surface area contributed by atoms with Crippen LogP contribution >= 0.6 is 0 Å². The Labute approximate surface area is 139 Å². The van der Waals surface area contributed by atoms with Crippen LogP contribution in [0.1, 0.15) is 16.7 Å². The molecule has 3 aromatic rings. The lowest BCUT2D eigenvalue weighted by Gasteiger charge is -2.11. The Morgan fingerprint density at radius 2 is 1.75 bits per heavy atom. The third kappa shape index (κ3) is 2.47. The maximum absolute atomic E-state index is 12.6. The lowest BCUT2D eigenvalue weighted by Crippen LogP contribution is -2.14. The third-order valence-electron chi connectivity index (χ3n) is 3.71. The van der Waals surface area contributed by atoms with Crippen molar-refractivity contribution in [1.82, 2.24) is 4.98 Å². The molecule has 0 bridgehead atoms. The molecule has 6 nitrogen and oxygen atoms in total. The van der Waals surface area contributed by atoms with Crippen LogP contribution in [0.4, 0.5) is 5.69 Å². The molecular weight excluding hydrogens is 324 g/mol. The number of nitrogens with one attached hydrogen (secondary N) is 2. The molecule has 0 saturated carbocycles. The summed E-state index contributed by atoms with van der Waals surface area (Å²) in [4.78, 5) is 2.85. The van der Waals surface area contributed by atoms with Gasteiger partial charge in [0.25, 0.3) is 10.0 Å². The molecule has 118 valence electrons. The van der Waals surface area contributed by atoms with Gasteiger partial charge in [-0.05, 0) is 30.7 Å². The van der Waals surface area contributed by atoms with E-state index in [9.17, 15) is 13.7 Å². The minimum absolute atomic E-state index is 0.0672. The fraction of sp³-hybridized carbons (Fsp3) is 0.0588. The third-order valence-corrected chi connectivity index (χ3v) is 5.13. The van der Waals surface area contributed by atoms with E-state index in [1.807, 2.05) is 13.0 Å². The highest BCUT2D eigenvalue weighted by Crippen LogP contribution is 2.30.